The molecule has 0 amide bonds. The Morgan fingerprint density at radius 3 is 2.95 bits per heavy atom. The summed E-state index contributed by atoms with van der Waals surface area (Å²) in [4.78, 5) is 12.9. The number of benzene rings is 1. The van der Waals surface area contributed by atoms with Gasteiger partial charge >= 0.3 is 5.97 Å². The van der Waals surface area contributed by atoms with Crippen LogP contribution in [-0.2, 0) is 17.8 Å². The van der Waals surface area contributed by atoms with E-state index in [1.165, 1.54) is 0 Å². The van der Waals surface area contributed by atoms with E-state index in [0.717, 1.165) is 36.1 Å². The van der Waals surface area contributed by atoms with Gasteiger partial charge in [0.25, 0.3) is 0 Å². The molecule has 0 atom stereocenters. The van der Waals surface area contributed by atoms with Gasteiger partial charge in [-0.2, -0.15) is 0 Å². The number of nitrogens with zero attached hydrogens (tertiary/aromatic N) is 1. The SMILES string of the molecule is O=C(O)CN(Cc1cc(Cl)cc2c1OCC2)C1CC1. The summed E-state index contributed by atoms with van der Waals surface area (Å²) in [5.41, 5.74) is 2.14. The van der Waals surface area contributed by atoms with Crippen LogP contribution < -0.4 is 4.74 Å². The second-order valence-electron chi connectivity index (χ2n) is 5.18. The van der Waals surface area contributed by atoms with Crippen molar-refractivity contribution in [1.82, 2.24) is 4.90 Å². The molecule has 0 radical (unpaired) electrons. The Hall–Kier alpha value is -1.26. The largest absolute Gasteiger partial charge is 0.493 e. The van der Waals surface area contributed by atoms with Crippen LogP contribution in [0.5, 0.6) is 5.75 Å². The van der Waals surface area contributed by atoms with E-state index >= 15 is 0 Å². The van der Waals surface area contributed by atoms with Gasteiger partial charge in [0.15, 0.2) is 0 Å². The van der Waals surface area contributed by atoms with Crippen molar-refractivity contribution < 1.29 is 14.6 Å². The van der Waals surface area contributed by atoms with Crippen LogP contribution in [-0.4, -0.2) is 35.2 Å². The highest BCUT2D eigenvalue weighted by atomic mass is 35.5. The van der Waals surface area contributed by atoms with Crippen LogP contribution in [0.1, 0.15) is 24.0 Å². The molecule has 2 aliphatic rings. The minimum Gasteiger partial charge on any atom is -0.493 e. The third-order valence-corrected chi connectivity index (χ3v) is 3.82. The first-order valence-corrected chi connectivity index (χ1v) is 6.91. The van der Waals surface area contributed by atoms with Crippen LogP contribution in [0, 0.1) is 0 Å². The molecule has 1 aliphatic heterocycles. The predicted molar refractivity (Wildman–Crippen MR) is 71.7 cm³/mol. The lowest BCUT2D eigenvalue weighted by atomic mass is 10.1. The molecule has 3 rings (SSSR count). The van der Waals surface area contributed by atoms with Gasteiger partial charge in [0.1, 0.15) is 5.75 Å². The van der Waals surface area contributed by atoms with Gasteiger partial charge in [0.05, 0.1) is 13.2 Å². The number of carbonyl (C=O) groups is 1. The molecule has 5 heteroatoms. The van der Waals surface area contributed by atoms with Gasteiger partial charge in [-0.3, -0.25) is 9.69 Å². The van der Waals surface area contributed by atoms with Gasteiger partial charge in [0.2, 0.25) is 0 Å². The van der Waals surface area contributed by atoms with E-state index in [2.05, 4.69) is 0 Å². The average Bonchev–Trinajstić information content (AvgIpc) is 3.07. The first-order chi connectivity index (χ1) is 9.13. The molecule has 1 saturated carbocycles. The number of hydrogen-bond donors (Lipinski definition) is 1. The van der Waals surface area contributed by atoms with E-state index in [-0.39, 0.29) is 6.54 Å². The Kier molecular flexibility index (Phi) is 3.37. The summed E-state index contributed by atoms with van der Waals surface area (Å²) in [6.45, 7) is 1.36. The molecule has 1 fully saturated rings. The van der Waals surface area contributed by atoms with E-state index in [1.54, 1.807) is 0 Å². The van der Waals surface area contributed by atoms with Crippen molar-refractivity contribution in [3.05, 3.63) is 28.3 Å². The Labute approximate surface area is 116 Å². The molecular weight excluding hydrogens is 266 g/mol. The third kappa shape index (κ3) is 2.85. The predicted octanol–water partition coefficient (Wildman–Crippen LogP) is 2.32. The monoisotopic (exact) mass is 281 g/mol. The lowest BCUT2D eigenvalue weighted by Crippen LogP contribution is -2.31. The number of fused-ring (bicyclic) bond motifs is 1. The summed E-state index contributed by atoms with van der Waals surface area (Å²) < 4.78 is 5.66. The molecule has 1 aromatic carbocycles. The van der Waals surface area contributed by atoms with E-state index in [4.69, 9.17) is 21.4 Å². The van der Waals surface area contributed by atoms with Gasteiger partial charge in [-0.1, -0.05) is 11.6 Å². The summed E-state index contributed by atoms with van der Waals surface area (Å²) in [6.07, 6.45) is 3.04. The third-order valence-electron chi connectivity index (χ3n) is 3.60. The summed E-state index contributed by atoms with van der Waals surface area (Å²) in [6, 6.07) is 4.22. The highest BCUT2D eigenvalue weighted by molar-refractivity contribution is 6.30. The average molecular weight is 282 g/mol. The molecule has 19 heavy (non-hydrogen) atoms. The maximum Gasteiger partial charge on any atom is 0.317 e. The molecule has 1 heterocycles. The van der Waals surface area contributed by atoms with Gasteiger partial charge in [-0.25, -0.2) is 0 Å². The van der Waals surface area contributed by atoms with Gasteiger partial charge in [-0.15, -0.1) is 0 Å². The molecule has 0 saturated heterocycles. The summed E-state index contributed by atoms with van der Waals surface area (Å²) >= 11 is 6.12. The highest BCUT2D eigenvalue weighted by Gasteiger charge is 2.31. The number of aliphatic carboxylic acids is 1. The van der Waals surface area contributed by atoms with Crippen molar-refractivity contribution in [3.8, 4) is 5.75 Å². The molecule has 1 N–H and O–H groups in total. The Bertz CT molecular complexity index is 514. The molecule has 102 valence electrons. The smallest absolute Gasteiger partial charge is 0.317 e. The van der Waals surface area contributed by atoms with Crippen molar-refractivity contribution >= 4 is 17.6 Å². The van der Waals surface area contributed by atoms with Gasteiger partial charge < -0.3 is 9.84 Å². The Morgan fingerprint density at radius 1 is 1.47 bits per heavy atom. The molecule has 0 bridgehead atoms. The fraction of sp³-hybridized carbons (Fsp3) is 0.500. The standard InChI is InChI=1S/C14H16ClNO3/c15-11-5-9-3-4-19-14(9)10(6-11)7-16(8-13(17)18)12-1-2-12/h5-6,12H,1-4,7-8H2,(H,17,18). The zero-order valence-electron chi connectivity index (χ0n) is 10.6. The van der Waals surface area contributed by atoms with Crippen LogP contribution in [0.2, 0.25) is 5.02 Å². The van der Waals surface area contributed by atoms with E-state index < -0.39 is 5.97 Å². The van der Waals surface area contributed by atoms with Crippen molar-refractivity contribution in [2.45, 2.75) is 31.8 Å². The maximum absolute atomic E-state index is 10.9. The summed E-state index contributed by atoms with van der Waals surface area (Å²) in [7, 11) is 0. The van der Waals surface area contributed by atoms with Crippen LogP contribution in [0.25, 0.3) is 0 Å². The Balaban J connectivity index is 1.83. The zero-order valence-corrected chi connectivity index (χ0v) is 11.3. The van der Waals surface area contributed by atoms with Crippen molar-refractivity contribution in [2.75, 3.05) is 13.2 Å². The van der Waals surface area contributed by atoms with Crippen molar-refractivity contribution in [1.29, 1.82) is 0 Å². The maximum atomic E-state index is 10.9. The van der Waals surface area contributed by atoms with Gasteiger partial charge in [-0.05, 0) is 30.5 Å². The first-order valence-electron chi connectivity index (χ1n) is 6.53. The molecular formula is C14H16ClNO3. The van der Waals surface area contributed by atoms with E-state index in [0.29, 0.717) is 24.2 Å². The number of halogens is 1. The van der Waals surface area contributed by atoms with Gasteiger partial charge in [0, 0.05) is 29.6 Å². The lowest BCUT2D eigenvalue weighted by Gasteiger charge is -2.21. The minimum atomic E-state index is -0.786. The first kappa shape index (κ1) is 12.8. The second-order valence-corrected chi connectivity index (χ2v) is 5.62. The van der Waals surface area contributed by atoms with Crippen LogP contribution in [0.3, 0.4) is 0 Å². The summed E-state index contributed by atoms with van der Waals surface area (Å²) in [5, 5.41) is 9.69. The number of carboxylic acid groups (broad SMARTS) is 1. The second kappa shape index (κ2) is 5.02. The molecule has 1 aromatic rings. The molecule has 0 aromatic heterocycles. The van der Waals surface area contributed by atoms with E-state index in [1.807, 2.05) is 17.0 Å². The highest BCUT2D eigenvalue weighted by Crippen LogP contribution is 2.36. The summed E-state index contributed by atoms with van der Waals surface area (Å²) in [5.74, 6) is 0.118. The minimum absolute atomic E-state index is 0.0754. The topological polar surface area (TPSA) is 49.8 Å². The lowest BCUT2D eigenvalue weighted by molar-refractivity contribution is -0.138. The van der Waals surface area contributed by atoms with Crippen LogP contribution in [0.4, 0.5) is 0 Å². The molecule has 0 spiro atoms. The number of rotatable bonds is 5. The molecule has 1 aliphatic carbocycles. The van der Waals surface area contributed by atoms with Crippen molar-refractivity contribution in [3.63, 3.8) is 0 Å². The van der Waals surface area contributed by atoms with Crippen LogP contribution in [0.15, 0.2) is 12.1 Å². The number of hydrogen-bond acceptors (Lipinski definition) is 3. The fourth-order valence-corrected chi connectivity index (χ4v) is 2.87. The number of carboxylic acids is 1. The van der Waals surface area contributed by atoms with Crippen LogP contribution >= 0.6 is 11.6 Å². The quantitative estimate of drug-likeness (QED) is 0.900. The van der Waals surface area contributed by atoms with Crippen molar-refractivity contribution in [2.24, 2.45) is 0 Å². The Morgan fingerprint density at radius 2 is 2.26 bits per heavy atom. The zero-order chi connectivity index (χ0) is 13.4. The molecule has 4 nitrogen and oxygen atoms in total. The number of ether oxygens (including phenoxy) is 1. The normalized spacial score (nSPS) is 17.4. The van der Waals surface area contributed by atoms with E-state index in [9.17, 15) is 4.79 Å². The fourth-order valence-electron chi connectivity index (χ4n) is 2.61. The molecule has 0 unspecified atom stereocenters.